The molecule has 2 heteroatoms. The van der Waals surface area contributed by atoms with Crippen LogP contribution in [0.1, 0.15) is 24.5 Å². The molecule has 1 saturated carbocycles. The Morgan fingerprint density at radius 1 is 1.36 bits per heavy atom. The van der Waals surface area contributed by atoms with Gasteiger partial charge in [0.15, 0.2) is 0 Å². The topological polar surface area (TPSA) is 4.93 Å². The molecule has 14 heavy (non-hydrogen) atoms. The maximum atomic E-state index is 6.15. The van der Waals surface area contributed by atoms with Gasteiger partial charge in [-0.05, 0) is 37.0 Å². The molecule has 0 amide bonds. The fourth-order valence-electron chi connectivity index (χ4n) is 2.12. The Morgan fingerprint density at radius 2 is 2.14 bits per heavy atom. The Bertz CT molecular complexity index is 494. The Kier molecular flexibility index (Phi) is 1.65. The van der Waals surface area contributed by atoms with Crippen molar-refractivity contribution in [2.75, 3.05) is 0 Å². The number of fused-ring (bicyclic) bond motifs is 1. The van der Waals surface area contributed by atoms with Crippen LogP contribution >= 0.6 is 11.6 Å². The summed E-state index contributed by atoms with van der Waals surface area (Å²) in [6.07, 6.45) is 2.67. The van der Waals surface area contributed by atoms with E-state index in [2.05, 4.69) is 23.7 Å². The lowest BCUT2D eigenvalue weighted by molar-refractivity contribution is 0.857. The minimum Gasteiger partial charge on any atom is -0.347 e. The van der Waals surface area contributed by atoms with Gasteiger partial charge >= 0.3 is 0 Å². The summed E-state index contributed by atoms with van der Waals surface area (Å²) in [5.41, 5.74) is 2.69. The first-order valence-corrected chi connectivity index (χ1v) is 5.39. The summed E-state index contributed by atoms with van der Waals surface area (Å²) >= 11 is 6.15. The van der Waals surface area contributed by atoms with Crippen molar-refractivity contribution in [3.05, 3.63) is 35.0 Å². The van der Waals surface area contributed by atoms with Crippen LogP contribution in [0.2, 0.25) is 5.02 Å². The maximum absolute atomic E-state index is 6.15. The molecule has 0 saturated heterocycles. The van der Waals surface area contributed by atoms with Crippen molar-refractivity contribution >= 4 is 22.5 Å². The van der Waals surface area contributed by atoms with Crippen molar-refractivity contribution in [1.82, 2.24) is 4.57 Å². The van der Waals surface area contributed by atoms with E-state index in [4.69, 9.17) is 11.6 Å². The first-order chi connectivity index (χ1) is 6.77. The number of aryl methyl sites for hydroxylation is 1. The van der Waals surface area contributed by atoms with E-state index in [1.54, 1.807) is 0 Å². The van der Waals surface area contributed by atoms with Crippen molar-refractivity contribution in [2.45, 2.75) is 18.8 Å². The van der Waals surface area contributed by atoms with Gasteiger partial charge in [0, 0.05) is 28.7 Å². The highest BCUT2D eigenvalue weighted by atomic mass is 35.5. The molecule has 1 aromatic heterocycles. The van der Waals surface area contributed by atoms with Gasteiger partial charge in [0.05, 0.1) is 0 Å². The van der Waals surface area contributed by atoms with Crippen LogP contribution in [0.15, 0.2) is 24.3 Å². The Balaban J connectivity index is 2.33. The van der Waals surface area contributed by atoms with Gasteiger partial charge in [-0.25, -0.2) is 0 Å². The molecule has 1 aliphatic carbocycles. The predicted octanol–water partition coefficient (Wildman–Crippen LogP) is 3.71. The van der Waals surface area contributed by atoms with Gasteiger partial charge in [0.25, 0.3) is 0 Å². The molecular weight excluding hydrogens is 194 g/mol. The first kappa shape index (κ1) is 8.37. The van der Waals surface area contributed by atoms with Crippen LogP contribution in [-0.4, -0.2) is 4.57 Å². The molecule has 1 nitrogen and oxygen atoms in total. The van der Waals surface area contributed by atoms with Gasteiger partial charge < -0.3 is 4.57 Å². The largest absolute Gasteiger partial charge is 0.347 e. The average molecular weight is 206 g/mol. The summed E-state index contributed by atoms with van der Waals surface area (Å²) in [6.45, 7) is 0. The average Bonchev–Trinajstić information content (AvgIpc) is 2.94. The highest BCUT2D eigenvalue weighted by Gasteiger charge is 2.27. The van der Waals surface area contributed by atoms with Gasteiger partial charge in [0.1, 0.15) is 0 Å². The number of aromatic nitrogens is 1. The number of halogens is 1. The second kappa shape index (κ2) is 2.77. The van der Waals surface area contributed by atoms with Crippen molar-refractivity contribution in [3.63, 3.8) is 0 Å². The van der Waals surface area contributed by atoms with Gasteiger partial charge in [0.2, 0.25) is 0 Å². The van der Waals surface area contributed by atoms with E-state index in [0.29, 0.717) is 0 Å². The van der Waals surface area contributed by atoms with Crippen LogP contribution in [0.4, 0.5) is 0 Å². The second-order valence-corrected chi connectivity index (χ2v) is 4.48. The minimum atomic E-state index is 0.781. The number of hydrogen-bond acceptors (Lipinski definition) is 0. The third kappa shape index (κ3) is 1.09. The van der Waals surface area contributed by atoms with E-state index in [0.717, 1.165) is 10.9 Å². The molecule has 0 radical (unpaired) electrons. The van der Waals surface area contributed by atoms with Crippen molar-refractivity contribution in [1.29, 1.82) is 0 Å². The lowest BCUT2D eigenvalue weighted by Gasteiger charge is -2.01. The van der Waals surface area contributed by atoms with E-state index in [-0.39, 0.29) is 0 Å². The fraction of sp³-hybridized carbons (Fsp3) is 0.333. The Labute approximate surface area is 88.3 Å². The quantitative estimate of drug-likeness (QED) is 0.669. The lowest BCUT2D eigenvalue weighted by atomic mass is 10.2. The molecule has 1 aromatic carbocycles. The van der Waals surface area contributed by atoms with Crippen molar-refractivity contribution in [2.24, 2.45) is 7.05 Å². The van der Waals surface area contributed by atoms with Gasteiger partial charge in [-0.15, -0.1) is 0 Å². The molecule has 1 fully saturated rings. The van der Waals surface area contributed by atoms with Crippen LogP contribution in [0, 0.1) is 0 Å². The van der Waals surface area contributed by atoms with Crippen molar-refractivity contribution in [3.8, 4) is 0 Å². The van der Waals surface area contributed by atoms with E-state index >= 15 is 0 Å². The molecule has 72 valence electrons. The molecule has 0 aliphatic heterocycles. The number of benzene rings is 1. The zero-order valence-corrected chi connectivity index (χ0v) is 8.88. The summed E-state index contributed by atoms with van der Waals surface area (Å²) < 4.78 is 2.28. The molecule has 3 rings (SSSR count). The SMILES string of the molecule is Cn1c(C2CC2)cc2c(Cl)cccc21. The molecule has 0 atom stereocenters. The molecule has 2 aromatic rings. The van der Waals surface area contributed by atoms with Crippen LogP contribution in [0.5, 0.6) is 0 Å². The monoisotopic (exact) mass is 205 g/mol. The van der Waals surface area contributed by atoms with Crippen LogP contribution in [-0.2, 0) is 7.05 Å². The van der Waals surface area contributed by atoms with Crippen LogP contribution in [0.25, 0.3) is 10.9 Å². The standard InChI is InChI=1S/C12H12ClN/c1-14-11-4-2-3-10(13)9(11)7-12(14)8-5-6-8/h2-4,7-8H,5-6H2,1H3. The van der Waals surface area contributed by atoms with Crippen LogP contribution < -0.4 is 0 Å². The molecule has 1 aliphatic rings. The Morgan fingerprint density at radius 3 is 2.79 bits per heavy atom. The summed E-state index contributed by atoms with van der Waals surface area (Å²) in [5.74, 6) is 0.781. The maximum Gasteiger partial charge on any atom is 0.0499 e. The van der Waals surface area contributed by atoms with E-state index < -0.39 is 0 Å². The number of nitrogens with zero attached hydrogens (tertiary/aromatic N) is 1. The van der Waals surface area contributed by atoms with E-state index in [9.17, 15) is 0 Å². The fourth-order valence-corrected chi connectivity index (χ4v) is 2.34. The summed E-state index contributed by atoms with van der Waals surface area (Å²) in [6, 6.07) is 8.35. The second-order valence-electron chi connectivity index (χ2n) is 4.08. The minimum absolute atomic E-state index is 0.781. The third-order valence-electron chi connectivity index (χ3n) is 3.07. The first-order valence-electron chi connectivity index (χ1n) is 5.01. The number of rotatable bonds is 1. The molecule has 0 spiro atoms. The smallest absolute Gasteiger partial charge is 0.0499 e. The van der Waals surface area contributed by atoms with Crippen molar-refractivity contribution < 1.29 is 0 Å². The van der Waals surface area contributed by atoms with E-state index in [1.165, 1.54) is 29.4 Å². The molecule has 0 unspecified atom stereocenters. The zero-order valence-electron chi connectivity index (χ0n) is 8.13. The van der Waals surface area contributed by atoms with Crippen LogP contribution in [0.3, 0.4) is 0 Å². The molecule has 0 bridgehead atoms. The van der Waals surface area contributed by atoms with Gasteiger partial charge in [-0.1, -0.05) is 17.7 Å². The van der Waals surface area contributed by atoms with E-state index in [1.807, 2.05) is 12.1 Å². The number of hydrogen-bond donors (Lipinski definition) is 0. The molecule has 0 N–H and O–H groups in total. The Hall–Kier alpha value is -0.950. The summed E-state index contributed by atoms with van der Waals surface area (Å²) in [5, 5.41) is 2.06. The third-order valence-corrected chi connectivity index (χ3v) is 3.40. The normalized spacial score (nSPS) is 16.4. The lowest BCUT2D eigenvalue weighted by Crippen LogP contribution is -1.92. The highest BCUT2D eigenvalue weighted by Crippen LogP contribution is 2.42. The predicted molar refractivity (Wildman–Crippen MR) is 59.9 cm³/mol. The van der Waals surface area contributed by atoms with Gasteiger partial charge in [-0.2, -0.15) is 0 Å². The molecule has 1 heterocycles. The summed E-state index contributed by atoms with van der Waals surface area (Å²) in [7, 11) is 2.13. The molecular formula is C12H12ClN. The van der Waals surface area contributed by atoms with Gasteiger partial charge in [-0.3, -0.25) is 0 Å². The summed E-state index contributed by atoms with van der Waals surface area (Å²) in [4.78, 5) is 0. The zero-order chi connectivity index (χ0) is 9.71. The highest BCUT2D eigenvalue weighted by molar-refractivity contribution is 6.35.